The maximum absolute atomic E-state index is 13.3. The number of nitrogens with zero attached hydrogens (tertiary/aromatic N) is 2. The van der Waals surface area contributed by atoms with Crippen molar-refractivity contribution in [2.45, 2.75) is 24.3 Å². The monoisotopic (exact) mass is 377 g/mol. The Hall–Kier alpha value is -2.39. The van der Waals surface area contributed by atoms with Gasteiger partial charge in [0, 0.05) is 36.6 Å². The number of carbonyl (C=O) groups is 1. The molecule has 2 aromatic rings. The van der Waals surface area contributed by atoms with Gasteiger partial charge in [-0.25, -0.2) is 13.2 Å². The van der Waals surface area contributed by atoms with Crippen molar-refractivity contribution in [2.24, 2.45) is 5.92 Å². The van der Waals surface area contributed by atoms with Crippen LogP contribution in [-0.2, 0) is 10.0 Å². The highest BCUT2D eigenvalue weighted by Crippen LogP contribution is 2.36. The summed E-state index contributed by atoms with van der Waals surface area (Å²) in [4.78, 5) is 27.5. The molecule has 2 fully saturated rings. The minimum atomic E-state index is -3.83. The van der Waals surface area contributed by atoms with E-state index in [0.29, 0.717) is 35.8 Å². The number of pyridine rings is 1. The average Bonchev–Trinajstić information content (AvgIpc) is 3.18. The van der Waals surface area contributed by atoms with Crippen LogP contribution in [-0.4, -0.2) is 59.5 Å². The summed E-state index contributed by atoms with van der Waals surface area (Å²) in [6.07, 6.45) is 1.16. The van der Waals surface area contributed by atoms with E-state index in [1.807, 2.05) is 0 Å². The zero-order valence-corrected chi connectivity index (χ0v) is 15.0. The number of amides is 1. The van der Waals surface area contributed by atoms with E-state index >= 15 is 0 Å². The van der Waals surface area contributed by atoms with Crippen LogP contribution in [0.4, 0.5) is 4.79 Å². The standard InChI is InChI=1S/C17H19N3O5S/c1-10-7-18-16(21)12-3-2-4-14(15(10)12)26(24,25)19-8-11-5-6-20(17(22)23)13(11)9-19/h2-4,7,11,13H,5-6,8-9H2,1H3,(H,18,21)(H,22,23). The Morgan fingerprint density at radius 3 is 2.81 bits per heavy atom. The van der Waals surface area contributed by atoms with Gasteiger partial charge in [-0.2, -0.15) is 4.31 Å². The predicted octanol–water partition coefficient (Wildman–Crippen LogP) is 1.21. The van der Waals surface area contributed by atoms with Gasteiger partial charge in [-0.1, -0.05) is 6.07 Å². The second-order valence-corrected chi connectivity index (χ2v) is 8.80. The minimum Gasteiger partial charge on any atom is -0.465 e. The maximum atomic E-state index is 13.3. The molecule has 2 atom stereocenters. The van der Waals surface area contributed by atoms with Gasteiger partial charge in [0.2, 0.25) is 10.0 Å². The van der Waals surface area contributed by atoms with Gasteiger partial charge in [-0.05, 0) is 37.0 Å². The van der Waals surface area contributed by atoms with Crippen LogP contribution in [0.25, 0.3) is 10.8 Å². The molecule has 3 heterocycles. The first-order valence-electron chi connectivity index (χ1n) is 8.41. The summed E-state index contributed by atoms with van der Waals surface area (Å²) in [6.45, 7) is 2.65. The molecular formula is C17H19N3O5S. The van der Waals surface area contributed by atoms with Gasteiger partial charge in [0.15, 0.2) is 0 Å². The fraction of sp³-hybridized carbons (Fsp3) is 0.412. The second-order valence-electron chi connectivity index (χ2n) is 6.89. The molecule has 2 saturated heterocycles. The van der Waals surface area contributed by atoms with Gasteiger partial charge < -0.3 is 15.0 Å². The fourth-order valence-corrected chi connectivity index (χ4v) is 5.96. The van der Waals surface area contributed by atoms with Crippen LogP contribution < -0.4 is 5.56 Å². The number of H-pyrrole nitrogens is 1. The molecule has 4 rings (SSSR count). The molecule has 0 saturated carbocycles. The van der Waals surface area contributed by atoms with E-state index in [1.165, 1.54) is 21.5 Å². The molecule has 1 aromatic heterocycles. The third-order valence-corrected chi connectivity index (χ3v) is 7.34. The van der Waals surface area contributed by atoms with Gasteiger partial charge >= 0.3 is 6.09 Å². The molecule has 1 aromatic carbocycles. The summed E-state index contributed by atoms with van der Waals surface area (Å²) in [7, 11) is -3.83. The number of nitrogens with one attached hydrogen (secondary N) is 1. The minimum absolute atomic E-state index is 0.0142. The third kappa shape index (κ3) is 2.42. The number of aromatic nitrogens is 1. The van der Waals surface area contributed by atoms with E-state index in [1.54, 1.807) is 19.1 Å². The third-order valence-electron chi connectivity index (χ3n) is 5.46. The van der Waals surface area contributed by atoms with Crippen LogP contribution in [0, 0.1) is 12.8 Å². The first-order valence-corrected chi connectivity index (χ1v) is 9.85. The van der Waals surface area contributed by atoms with Crippen molar-refractivity contribution in [3.63, 3.8) is 0 Å². The summed E-state index contributed by atoms with van der Waals surface area (Å²) in [5.74, 6) is 0.0142. The smallest absolute Gasteiger partial charge is 0.407 e. The van der Waals surface area contributed by atoms with E-state index in [-0.39, 0.29) is 29.0 Å². The highest BCUT2D eigenvalue weighted by Gasteiger charge is 2.47. The van der Waals surface area contributed by atoms with E-state index in [4.69, 9.17) is 0 Å². The van der Waals surface area contributed by atoms with Crippen LogP contribution in [0.1, 0.15) is 12.0 Å². The summed E-state index contributed by atoms with van der Waals surface area (Å²) >= 11 is 0. The Balaban J connectivity index is 1.78. The van der Waals surface area contributed by atoms with E-state index in [9.17, 15) is 23.1 Å². The van der Waals surface area contributed by atoms with Crippen LogP contribution in [0.5, 0.6) is 0 Å². The van der Waals surface area contributed by atoms with Gasteiger partial charge in [0.1, 0.15) is 0 Å². The Bertz CT molecular complexity index is 1060. The number of hydrogen-bond acceptors (Lipinski definition) is 4. The van der Waals surface area contributed by atoms with Crippen molar-refractivity contribution in [3.8, 4) is 0 Å². The normalized spacial score (nSPS) is 23.5. The number of hydrogen-bond donors (Lipinski definition) is 2. The summed E-state index contributed by atoms with van der Waals surface area (Å²) in [5, 5.41) is 10.0. The molecular weight excluding hydrogens is 358 g/mol. The second kappa shape index (κ2) is 5.82. The lowest BCUT2D eigenvalue weighted by Gasteiger charge is -2.22. The molecule has 0 spiro atoms. The molecule has 0 aliphatic carbocycles. The summed E-state index contributed by atoms with van der Waals surface area (Å²) in [6, 6.07) is 4.37. The molecule has 26 heavy (non-hydrogen) atoms. The Morgan fingerprint density at radius 1 is 1.31 bits per heavy atom. The number of sulfonamides is 1. The molecule has 2 unspecified atom stereocenters. The maximum Gasteiger partial charge on any atom is 0.407 e. The number of fused-ring (bicyclic) bond motifs is 2. The average molecular weight is 377 g/mol. The Labute approximate surface area is 150 Å². The molecule has 1 amide bonds. The van der Waals surface area contributed by atoms with Crippen molar-refractivity contribution in [1.82, 2.24) is 14.2 Å². The number of likely N-dealkylation sites (tertiary alicyclic amines) is 1. The van der Waals surface area contributed by atoms with Crippen molar-refractivity contribution in [1.29, 1.82) is 0 Å². The quantitative estimate of drug-likeness (QED) is 0.817. The lowest BCUT2D eigenvalue weighted by atomic mass is 10.1. The highest BCUT2D eigenvalue weighted by atomic mass is 32.2. The Kier molecular flexibility index (Phi) is 3.81. The first kappa shape index (κ1) is 17.0. The molecule has 2 N–H and O–H groups in total. The summed E-state index contributed by atoms with van der Waals surface area (Å²) in [5.41, 5.74) is 0.336. The lowest BCUT2D eigenvalue weighted by molar-refractivity contribution is 0.139. The van der Waals surface area contributed by atoms with Gasteiger partial charge in [-0.15, -0.1) is 0 Å². The molecule has 0 radical (unpaired) electrons. The predicted molar refractivity (Wildman–Crippen MR) is 94.7 cm³/mol. The lowest BCUT2D eigenvalue weighted by Crippen LogP contribution is -2.40. The number of aryl methyl sites for hydroxylation is 1. The Morgan fingerprint density at radius 2 is 2.08 bits per heavy atom. The van der Waals surface area contributed by atoms with E-state index in [2.05, 4.69) is 4.98 Å². The van der Waals surface area contributed by atoms with Gasteiger partial charge in [0.25, 0.3) is 5.56 Å². The SMILES string of the molecule is Cc1c[nH]c(=O)c2cccc(S(=O)(=O)N3CC4CCN(C(=O)O)C4C3)c12. The number of benzene rings is 1. The summed E-state index contributed by atoms with van der Waals surface area (Å²) < 4.78 is 27.9. The molecule has 8 nitrogen and oxygen atoms in total. The van der Waals surface area contributed by atoms with Crippen LogP contribution in [0.2, 0.25) is 0 Å². The van der Waals surface area contributed by atoms with Crippen LogP contribution in [0.15, 0.2) is 34.1 Å². The molecule has 2 aliphatic heterocycles. The zero-order valence-electron chi connectivity index (χ0n) is 14.2. The topological polar surface area (TPSA) is 111 Å². The molecule has 9 heteroatoms. The first-order chi connectivity index (χ1) is 12.3. The van der Waals surface area contributed by atoms with Gasteiger partial charge in [0.05, 0.1) is 10.9 Å². The van der Waals surface area contributed by atoms with Crippen molar-refractivity contribution < 1.29 is 18.3 Å². The number of aromatic amines is 1. The number of carboxylic acid groups (broad SMARTS) is 1. The zero-order chi connectivity index (χ0) is 18.6. The fourth-order valence-electron chi connectivity index (χ4n) is 4.16. The van der Waals surface area contributed by atoms with Crippen molar-refractivity contribution in [2.75, 3.05) is 19.6 Å². The van der Waals surface area contributed by atoms with Crippen molar-refractivity contribution >= 4 is 26.9 Å². The van der Waals surface area contributed by atoms with E-state index < -0.39 is 16.1 Å². The molecule has 138 valence electrons. The highest BCUT2D eigenvalue weighted by molar-refractivity contribution is 7.89. The van der Waals surface area contributed by atoms with Crippen LogP contribution in [0.3, 0.4) is 0 Å². The largest absolute Gasteiger partial charge is 0.465 e. The van der Waals surface area contributed by atoms with Crippen LogP contribution >= 0.6 is 0 Å². The van der Waals surface area contributed by atoms with E-state index in [0.717, 1.165) is 0 Å². The molecule has 0 bridgehead atoms. The number of rotatable bonds is 2. The van der Waals surface area contributed by atoms with Gasteiger partial charge in [-0.3, -0.25) is 4.79 Å². The molecule has 2 aliphatic rings. The van der Waals surface area contributed by atoms with Crippen molar-refractivity contribution in [3.05, 3.63) is 40.3 Å².